The third-order valence-corrected chi connectivity index (χ3v) is 5.39. The molecule has 2 aliphatic rings. The number of likely N-dealkylation sites (tertiary alicyclic amines) is 1. The number of nitro benzene ring substituents is 1. The van der Waals surface area contributed by atoms with Gasteiger partial charge >= 0.3 is 0 Å². The molecule has 0 spiro atoms. The summed E-state index contributed by atoms with van der Waals surface area (Å²) in [5, 5.41) is 22.1. The molecular formula is C17H22N2O4. The molecule has 1 amide bonds. The quantitative estimate of drug-likeness (QED) is 0.671. The van der Waals surface area contributed by atoms with Gasteiger partial charge in [-0.05, 0) is 24.8 Å². The van der Waals surface area contributed by atoms with Crippen LogP contribution in [0, 0.1) is 16.0 Å². The summed E-state index contributed by atoms with van der Waals surface area (Å²) in [4.78, 5) is 24.5. The van der Waals surface area contributed by atoms with Gasteiger partial charge in [0.15, 0.2) is 0 Å². The number of carbonyl (C=O) groups is 1. The number of nitro groups is 1. The van der Waals surface area contributed by atoms with Crippen molar-refractivity contribution in [3.8, 4) is 0 Å². The smallest absolute Gasteiger partial charge is 0.269 e. The molecule has 3 atom stereocenters. The highest BCUT2D eigenvalue weighted by molar-refractivity contribution is 5.74. The van der Waals surface area contributed by atoms with Gasteiger partial charge in [0.05, 0.1) is 16.6 Å². The van der Waals surface area contributed by atoms with Crippen LogP contribution in [0.3, 0.4) is 0 Å². The zero-order valence-electron chi connectivity index (χ0n) is 13.3. The zero-order valence-corrected chi connectivity index (χ0v) is 13.3. The average molecular weight is 318 g/mol. The summed E-state index contributed by atoms with van der Waals surface area (Å²) in [5.74, 6) is -0.106. The second-order valence-corrected chi connectivity index (χ2v) is 6.72. The highest BCUT2D eigenvalue weighted by atomic mass is 16.6. The molecule has 3 rings (SSSR count). The van der Waals surface area contributed by atoms with E-state index in [0.29, 0.717) is 13.0 Å². The monoisotopic (exact) mass is 318 g/mol. The van der Waals surface area contributed by atoms with Crippen molar-refractivity contribution < 1.29 is 14.8 Å². The van der Waals surface area contributed by atoms with E-state index in [-0.39, 0.29) is 23.6 Å². The molecule has 0 aromatic heterocycles. The van der Waals surface area contributed by atoms with Gasteiger partial charge in [0, 0.05) is 31.5 Å². The van der Waals surface area contributed by atoms with Crippen LogP contribution in [-0.4, -0.2) is 33.0 Å². The number of hydrogen-bond donors (Lipinski definition) is 1. The minimum Gasteiger partial charge on any atom is -0.389 e. The topological polar surface area (TPSA) is 83.7 Å². The number of nitrogens with zero attached hydrogens (tertiary/aromatic N) is 2. The molecule has 1 saturated heterocycles. The number of non-ortho nitro benzene ring substituents is 1. The molecule has 3 unspecified atom stereocenters. The highest BCUT2D eigenvalue weighted by Gasteiger charge is 2.49. The molecule has 6 heteroatoms. The van der Waals surface area contributed by atoms with E-state index in [9.17, 15) is 20.0 Å². The molecule has 1 N–H and O–H groups in total. The van der Waals surface area contributed by atoms with Gasteiger partial charge in [-0.15, -0.1) is 0 Å². The number of rotatable bonds is 2. The van der Waals surface area contributed by atoms with Crippen LogP contribution in [0.2, 0.25) is 0 Å². The van der Waals surface area contributed by atoms with Crippen molar-refractivity contribution in [1.29, 1.82) is 0 Å². The first kappa shape index (κ1) is 15.9. The van der Waals surface area contributed by atoms with Crippen LogP contribution in [0.15, 0.2) is 24.3 Å². The second kappa shape index (κ2) is 5.92. The molecule has 0 radical (unpaired) electrons. The number of piperidine rings is 1. The third-order valence-electron chi connectivity index (χ3n) is 5.39. The second-order valence-electron chi connectivity index (χ2n) is 6.72. The summed E-state index contributed by atoms with van der Waals surface area (Å²) < 4.78 is 0. The van der Waals surface area contributed by atoms with Crippen LogP contribution < -0.4 is 0 Å². The summed E-state index contributed by atoms with van der Waals surface area (Å²) in [6, 6.07) is 6.20. The van der Waals surface area contributed by atoms with Crippen molar-refractivity contribution in [3.63, 3.8) is 0 Å². The Morgan fingerprint density at radius 3 is 2.87 bits per heavy atom. The number of benzene rings is 1. The Hall–Kier alpha value is -1.95. The summed E-state index contributed by atoms with van der Waals surface area (Å²) >= 11 is 0. The highest BCUT2D eigenvalue weighted by Crippen LogP contribution is 2.49. The molecule has 124 valence electrons. The average Bonchev–Trinajstić information content (AvgIpc) is 2.53. The lowest BCUT2D eigenvalue weighted by Gasteiger charge is -2.52. The lowest BCUT2D eigenvalue weighted by molar-refractivity contribution is -0.385. The predicted octanol–water partition coefficient (Wildman–Crippen LogP) is 2.81. The van der Waals surface area contributed by atoms with E-state index in [1.807, 2.05) is 6.07 Å². The van der Waals surface area contributed by atoms with E-state index in [1.165, 1.54) is 13.0 Å². The van der Waals surface area contributed by atoms with Gasteiger partial charge in [0.1, 0.15) is 0 Å². The maximum atomic E-state index is 12.1. The van der Waals surface area contributed by atoms with Crippen LogP contribution >= 0.6 is 0 Å². The summed E-state index contributed by atoms with van der Waals surface area (Å²) in [5.41, 5.74) is 0.00908. The van der Waals surface area contributed by atoms with E-state index in [2.05, 4.69) is 0 Å². The van der Waals surface area contributed by atoms with Gasteiger partial charge in [0.25, 0.3) is 5.69 Å². The first-order valence-corrected chi connectivity index (χ1v) is 8.16. The summed E-state index contributed by atoms with van der Waals surface area (Å²) in [6.45, 7) is 2.02. The molecule has 1 aromatic carbocycles. The molecule has 6 nitrogen and oxygen atoms in total. The lowest BCUT2D eigenvalue weighted by atomic mass is 9.66. The fraction of sp³-hybridized carbons (Fsp3) is 0.588. The van der Waals surface area contributed by atoms with Crippen LogP contribution in [0.1, 0.15) is 50.6 Å². The van der Waals surface area contributed by atoms with Gasteiger partial charge in [-0.3, -0.25) is 14.9 Å². The minimum absolute atomic E-state index is 0.0240. The molecule has 23 heavy (non-hydrogen) atoms. The van der Waals surface area contributed by atoms with Crippen LogP contribution in [0.25, 0.3) is 0 Å². The van der Waals surface area contributed by atoms with Crippen molar-refractivity contribution in [2.24, 2.45) is 5.92 Å². The Balaban J connectivity index is 2.04. The van der Waals surface area contributed by atoms with Crippen molar-refractivity contribution in [2.45, 2.75) is 50.7 Å². The van der Waals surface area contributed by atoms with Gasteiger partial charge in [-0.2, -0.15) is 0 Å². The Morgan fingerprint density at radius 1 is 1.39 bits per heavy atom. The van der Waals surface area contributed by atoms with Crippen LogP contribution in [-0.2, 0) is 4.79 Å². The Labute approximate surface area is 135 Å². The Bertz CT molecular complexity index is 633. The first-order valence-electron chi connectivity index (χ1n) is 8.16. The van der Waals surface area contributed by atoms with E-state index in [1.54, 1.807) is 17.0 Å². The minimum atomic E-state index is -0.764. The van der Waals surface area contributed by atoms with Gasteiger partial charge in [0.2, 0.25) is 5.91 Å². The standard InChI is InChI=1S/C17H22N2O4/c1-12(20)18-10-9-17(21)8-3-2-7-15(17)16(18)13-5-4-6-14(11-13)19(22)23/h4-6,11,15-16,21H,2-3,7-10H2,1H3. The SMILES string of the molecule is CC(=O)N1CCC2(O)CCCCC2C1c1cccc([N+](=O)[O-])c1. The van der Waals surface area contributed by atoms with Gasteiger partial charge in [-0.1, -0.05) is 25.0 Å². The van der Waals surface area contributed by atoms with Crippen molar-refractivity contribution in [1.82, 2.24) is 4.90 Å². The largest absolute Gasteiger partial charge is 0.389 e. The molecule has 1 aliphatic carbocycles. The number of aliphatic hydroxyl groups is 1. The normalized spacial score (nSPS) is 30.6. The number of hydrogen-bond acceptors (Lipinski definition) is 4. The number of carbonyl (C=O) groups excluding carboxylic acids is 1. The molecule has 1 aliphatic heterocycles. The maximum Gasteiger partial charge on any atom is 0.269 e. The Kier molecular flexibility index (Phi) is 4.10. The van der Waals surface area contributed by atoms with E-state index in [4.69, 9.17) is 0 Å². The predicted molar refractivity (Wildman–Crippen MR) is 84.7 cm³/mol. The van der Waals surface area contributed by atoms with E-state index >= 15 is 0 Å². The fourth-order valence-electron chi connectivity index (χ4n) is 4.27. The molecule has 1 heterocycles. The van der Waals surface area contributed by atoms with Crippen molar-refractivity contribution in [3.05, 3.63) is 39.9 Å². The van der Waals surface area contributed by atoms with Crippen LogP contribution in [0.5, 0.6) is 0 Å². The fourth-order valence-corrected chi connectivity index (χ4v) is 4.27. The molecule has 2 fully saturated rings. The van der Waals surface area contributed by atoms with E-state index < -0.39 is 10.5 Å². The van der Waals surface area contributed by atoms with Crippen molar-refractivity contribution >= 4 is 11.6 Å². The molecule has 1 aromatic rings. The summed E-state index contributed by atoms with van der Waals surface area (Å²) in [7, 11) is 0. The lowest BCUT2D eigenvalue weighted by Crippen LogP contribution is -2.55. The Morgan fingerprint density at radius 2 is 2.17 bits per heavy atom. The zero-order chi connectivity index (χ0) is 16.6. The third kappa shape index (κ3) is 2.83. The van der Waals surface area contributed by atoms with Gasteiger partial charge < -0.3 is 10.0 Å². The maximum absolute atomic E-state index is 12.1. The van der Waals surface area contributed by atoms with Gasteiger partial charge in [-0.25, -0.2) is 0 Å². The summed E-state index contributed by atoms with van der Waals surface area (Å²) in [6.07, 6.45) is 4.18. The van der Waals surface area contributed by atoms with Crippen LogP contribution in [0.4, 0.5) is 5.69 Å². The molecule has 1 saturated carbocycles. The van der Waals surface area contributed by atoms with E-state index in [0.717, 1.165) is 31.2 Å². The molecule has 0 bridgehead atoms. The first-order chi connectivity index (χ1) is 10.9. The number of amides is 1. The number of fused-ring (bicyclic) bond motifs is 1. The van der Waals surface area contributed by atoms with Crippen molar-refractivity contribution in [2.75, 3.05) is 6.54 Å². The molecular weight excluding hydrogens is 296 g/mol.